The molecule has 1 unspecified atom stereocenters. The molecule has 0 radical (unpaired) electrons. The molecule has 0 amide bonds. The van der Waals surface area contributed by atoms with Crippen molar-refractivity contribution in [2.75, 3.05) is 12.4 Å². The Balaban J connectivity index is 0.00000182. The van der Waals surface area contributed by atoms with Crippen LogP contribution in [0.25, 0.3) is 10.2 Å². The Hall–Kier alpha value is -1.56. The minimum Gasteiger partial charge on any atom is -1.00 e. The number of rotatable bonds is 3. The first-order chi connectivity index (χ1) is 11.7. The number of benzene rings is 1. The molecular formula is C18H18Cl2N3OS-. The molecule has 1 N–H and O–H groups in total. The molecule has 1 aromatic carbocycles. The van der Waals surface area contributed by atoms with Crippen molar-refractivity contribution in [2.24, 2.45) is 5.92 Å². The van der Waals surface area contributed by atoms with Crippen LogP contribution in [-0.4, -0.2) is 17.1 Å². The largest absolute Gasteiger partial charge is 1.00 e. The van der Waals surface area contributed by atoms with E-state index in [-0.39, 0.29) is 12.4 Å². The van der Waals surface area contributed by atoms with Crippen molar-refractivity contribution in [1.82, 2.24) is 9.97 Å². The predicted octanol–water partition coefficient (Wildman–Crippen LogP) is 2.23. The molecule has 1 aliphatic rings. The summed E-state index contributed by atoms with van der Waals surface area (Å²) in [5, 5.41) is 5.20. The Bertz CT molecular complexity index is 913. The van der Waals surface area contributed by atoms with Crippen LogP contribution in [0.4, 0.5) is 11.5 Å². The summed E-state index contributed by atoms with van der Waals surface area (Å²) in [6.45, 7) is 2.31. The molecule has 132 valence electrons. The Morgan fingerprint density at radius 3 is 2.96 bits per heavy atom. The molecule has 1 atom stereocenters. The maximum atomic E-state index is 6.14. The first-order valence-electron chi connectivity index (χ1n) is 8.01. The molecule has 0 spiro atoms. The van der Waals surface area contributed by atoms with Gasteiger partial charge in [-0.05, 0) is 48.9 Å². The second-order valence-corrected chi connectivity index (χ2v) is 7.74. The monoisotopic (exact) mass is 394 g/mol. The van der Waals surface area contributed by atoms with E-state index in [1.807, 2.05) is 18.2 Å². The van der Waals surface area contributed by atoms with Gasteiger partial charge in [0.05, 0.1) is 18.2 Å². The molecule has 0 saturated heterocycles. The molecule has 3 aromatic rings. The van der Waals surface area contributed by atoms with Crippen molar-refractivity contribution < 1.29 is 17.1 Å². The third-order valence-corrected chi connectivity index (χ3v) is 5.90. The van der Waals surface area contributed by atoms with E-state index in [1.54, 1.807) is 24.8 Å². The van der Waals surface area contributed by atoms with Gasteiger partial charge in [-0.3, -0.25) is 0 Å². The zero-order valence-electron chi connectivity index (χ0n) is 14.0. The van der Waals surface area contributed by atoms with E-state index >= 15 is 0 Å². The second kappa shape index (κ2) is 7.36. The van der Waals surface area contributed by atoms with Crippen molar-refractivity contribution in [3.63, 3.8) is 0 Å². The summed E-state index contributed by atoms with van der Waals surface area (Å²) in [7, 11) is 1.65. The van der Waals surface area contributed by atoms with Crippen molar-refractivity contribution in [3.8, 4) is 5.75 Å². The highest BCUT2D eigenvalue weighted by molar-refractivity contribution is 7.19. The molecule has 0 bridgehead atoms. The maximum Gasteiger partial charge on any atom is 0.142 e. The first-order valence-corrected chi connectivity index (χ1v) is 9.21. The van der Waals surface area contributed by atoms with Crippen molar-refractivity contribution in [1.29, 1.82) is 0 Å². The average molecular weight is 395 g/mol. The van der Waals surface area contributed by atoms with Gasteiger partial charge >= 0.3 is 0 Å². The highest BCUT2D eigenvalue weighted by Gasteiger charge is 2.23. The van der Waals surface area contributed by atoms with Crippen LogP contribution < -0.4 is 22.5 Å². The number of anilines is 2. The Morgan fingerprint density at radius 2 is 2.16 bits per heavy atom. The summed E-state index contributed by atoms with van der Waals surface area (Å²) in [5.41, 5.74) is 2.21. The van der Waals surface area contributed by atoms with Gasteiger partial charge in [0.15, 0.2) is 0 Å². The molecule has 1 aliphatic carbocycles. The summed E-state index contributed by atoms with van der Waals surface area (Å²) in [6.07, 6.45) is 5.06. The number of nitrogens with one attached hydrogen (secondary N) is 1. The number of aryl methyl sites for hydroxylation is 1. The van der Waals surface area contributed by atoms with Crippen LogP contribution >= 0.6 is 22.9 Å². The number of hydrogen-bond donors (Lipinski definition) is 1. The van der Waals surface area contributed by atoms with Crippen LogP contribution in [0.5, 0.6) is 5.75 Å². The summed E-state index contributed by atoms with van der Waals surface area (Å²) in [6, 6.07) is 5.53. The van der Waals surface area contributed by atoms with Crippen molar-refractivity contribution in [3.05, 3.63) is 40.0 Å². The fourth-order valence-electron chi connectivity index (χ4n) is 3.28. The van der Waals surface area contributed by atoms with Crippen molar-refractivity contribution in [2.45, 2.75) is 26.2 Å². The number of thiophene rings is 1. The number of halogens is 2. The van der Waals surface area contributed by atoms with Gasteiger partial charge in [-0.15, -0.1) is 11.3 Å². The molecular weight excluding hydrogens is 377 g/mol. The number of fused-ring (bicyclic) bond motifs is 3. The molecule has 25 heavy (non-hydrogen) atoms. The van der Waals surface area contributed by atoms with E-state index in [1.165, 1.54) is 16.9 Å². The fourth-order valence-corrected chi connectivity index (χ4v) is 4.80. The molecule has 4 rings (SSSR count). The molecule has 0 saturated carbocycles. The fraction of sp³-hybridized carbons (Fsp3) is 0.333. The summed E-state index contributed by atoms with van der Waals surface area (Å²) < 4.78 is 5.43. The van der Waals surface area contributed by atoms with E-state index in [0.717, 1.165) is 46.2 Å². The van der Waals surface area contributed by atoms with Gasteiger partial charge in [0, 0.05) is 9.90 Å². The van der Waals surface area contributed by atoms with Crippen LogP contribution in [0.2, 0.25) is 5.02 Å². The summed E-state index contributed by atoms with van der Waals surface area (Å²) >= 11 is 7.94. The van der Waals surface area contributed by atoms with Crippen LogP contribution in [0.15, 0.2) is 24.5 Å². The highest BCUT2D eigenvalue weighted by atomic mass is 35.5. The molecule has 4 nitrogen and oxygen atoms in total. The van der Waals surface area contributed by atoms with Gasteiger partial charge in [-0.25, -0.2) is 9.97 Å². The molecule has 7 heteroatoms. The van der Waals surface area contributed by atoms with Gasteiger partial charge < -0.3 is 22.5 Å². The molecule has 2 heterocycles. The van der Waals surface area contributed by atoms with Crippen LogP contribution in [-0.2, 0) is 12.8 Å². The van der Waals surface area contributed by atoms with Gasteiger partial charge in [-0.1, -0.05) is 18.5 Å². The lowest BCUT2D eigenvalue weighted by Gasteiger charge is -2.18. The van der Waals surface area contributed by atoms with Crippen LogP contribution in [0, 0.1) is 5.92 Å². The summed E-state index contributed by atoms with van der Waals surface area (Å²) in [5.74, 6) is 2.31. The molecule has 0 fully saturated rings. The number of ether oxygens (including phenoxy) is 1. The van der Waals surface area contributed by atoms with Gasteiger partial charge in [0.2, 0.25) is 0 Å². The Kier molecular flexibility index (Phi) is 5.37. The minimum absolute atomic E-state index is 0. The zero-order valence-corrected chi connectivity index (χ0v) is 16.3. The standard InChI is InChI=1S/C18H18ClN3OS.ClH/c1-10-3-5-12-15(7-10)24-18-16(12)17(20-9-21-18)22-13-8-11(19)4-6-14(13)23-2;/h4,6,8-10H,3,5,7H2,1-2H3,(H,20,21,22);1H/p-1. The van der Waals surface area contributed by atoms with E-state index < -0.39 is 0 Å². The Morgan fingerprint density at radius 1 is 1.32 bits per heavy atom. The topological polar surface area (TPSA) is 47.0 Å². The quantitative estimate of drug-likeness (QED) is 0.739. The molecule has 0 aliphatic heterocycles. The number of nitrogens with zero attached hydrogens (tertiary/aromatic N) is 2. The van der Waals surface area contributed by atoms with E-state index in [0.29, 0.717) is 5.02 Å². The number of methoxy groups -OCH3 is 1. The van der Waals surface area contributed by atoms with E-state index in [2.05, 4.69) is 22.2 Å². The predicted molar refractivity (Wildman–Crippen MR) is 99.9 cm³/mol. The minimum atomic E-state index is 0. The highest BCUT2D eigenvalue weighted by Crippen LogP contribution is 2.41. The zero-order chi connectivity index (χ0) is 16.7. The lowest BCUT2D eigenvalue weighted by atomic mass is 9.89. The first kappa shape index (κ1) is 18.2. The van der Waals surface area contributed by atoms with E-state index in [9.17, 15) is 0 Å². The SMILES string of the molecule is COc1ccc(Cl)cc1Nc1ncnc2sc3c(c12)CCC(C)C3.[Cl-]. The average Bonchev–Trinajstić information content (AvgIpc) is 2.93. The van der Waals surface area contributed by atoms with Crippen molar-refractivity contribution >= 4 is 44.7 Å². The smallest absolute Gasteiger partial charge is 0.142 e. The van der Waals surface area contributed by atoms with E-state index in [4.69, 9.17) is 16.3 Å². The Labute approximate surface area is 162 Å². The third-order valence-electron chi connectivity index (χ3n) is 4.51. The van der Waals surface area contributed by atoms with Gasteiger partial charge in [-0.2, -0.15) is 0 Å². The maximum absolute atomic E-state index is 6.14. The lowest BCUT2D eigenvalue weighted by Crippen LogP contribution is -3.00. The number of hydrogen-bond acceptors (Lipinski definition) is 5. The molecule has 2 aromatic heterocycles. The van der Waals surface area contributed by atoms with Crippen LogP contribution in [0.1, 0.15) is 23.8 Å². The number of aromatic nitrogens is 2. The summed E-state index contributed by atoms with van der Waals surface area (Å²) in [4.78, 5) is 11.5. The third kappa shape index (κ3) is 3.41. The van der Waals surface area contributed by atoms with Gasteiger partial charge in [0.1, 0.15) is 22.7 Å². The normalized spacial score (nSPS) is 16.2. The van der Waals surface area contributed by atoms with Gasteiger partial charge in [0.25, 0.3) is 0 Å². The second-order valence-electron chi connectivity index (χ2n) is 6.22. The lowest BCUT2D eigenvalue weighted by molar-refractivity contribution is -0.00000511. The van der Waals surface area contributed by atoms with Crippen LogP contribution in [0.3, 0.4) is 0 Å².